The number of anilines is 1. The van der Waals surface area contributed by atoms with E-state index in [0.29, 0.717) is 6.04 Å². The smallest absolute Gasteiger partial charge is 0.0519 e. The normalized spacial score (nSPS) is 20.0. The predicted molar refractivity (Wildman–Crippen MR) is 89.2 cm³/mol. The first kappa shape index (κ1) is 13.2. The van der Waals surface area contributed by atoms with Gasteiger partial charge in [0, 0.05) is 10.7 Å². The van der Waals surface area contributed by atoms with E-state index in [0.717, 1.165) is 11.4 Å². The second-order valence-corrected chi connectivity index (χ2v) is 6.67. The van der Waals surface area contributed by atoms with Gasteiger partial charge in [-0.25, -0.2) is 0 Å². The summed E-state index contributed by atoms with van der Waals surface area (Å²) in [6, 6.07) is 13.5. The molecular formula is C19H20ClN. The van der Waals surface area contributed by atoms with Crippen molar-refractivity contribution >= 4 is 17.3 Å². The highest BCUT2D eigenvalue weighted by atomic mass is 35.5. The number of benzene rings is 2. The van der Waals surface area contributed by atoms with Gasteiger partial charge in [0.05, 0.1) is 6.04 Å². The summed E-state index contributed by atoms with van der Waals surface area (Å²) in [5.41, 5.74) is 7.27. The predicted octanol–water partition coefficient (Wildman–Crippen LogP) is 5.32. The average Bonchev–Trinajstić information content (AvgIpc) is 2.90. The summed E-state index contributed by atoms with van der Waals surface area (Å²) in [4.78, 5) is 0. The van der Waals surface area contributed by atoms with E-state index in [2.05, 4.69) is 35.6 Å². The minimum Gasteiger partial charge on any atom is -0.378 e. The molecule has 2 aliphatic carbocycles. The summed E-state index contributed by atoms with van der Waals surface area (Å²) in [7, 11) is 0. The van der Waals surface area contributed by atoms with Crippen molar-refractivity contribution in [1.82, 2.24) is 0 Å². The Hall–Kier alpha value is -1.47. The van der Waals surface area contributed by atoms with Crippen LogP contribution in [0.1, 0.15) is 47.6 Å². The van der Waals surface area contributed by atoms with Crippen LogP contribution in [0, 0.1) is 0 Å². The van der Waals surface area contributed by atoms with Crippen molar-refractivity contribution in [3.63, 3.8) is 0 Å². The van der Waals surface area contributed by atoms with Gasteiger partial charge in [0.2, 0.25) is 0 Å². The average molecular weight is 298 g/mol. The highest BCUT2D eigenvalue weighted by Gasteiger charge is 2.23. The third kappa shape index (κ3) is 2.44. The number of nitrogens with one attached hydrogen (secondary N) is 1. The van der Waals surface area contributed by atoms with Crippen LogP contribution in [0.25, 0.3) is 0 Å². The highest BCUT2D eigenvalue weighted by molar-refractivity contribution is 6.30. The third-order valence-electron chi connectivity index (χ3n) is 4.91. The number of hydrogen-bond donors (Lipinski definition) is 1. The quantitative estimate of drug-likeness (QED) is 0.791. The van der Waals surface area contributed by atoms with Crippen LogP contribution in [0.15, 0.2) is 36.4 Å². The van der Waals surface area contributed by atoms with Gasteiger partial charge in [-0.3, -0.25) is 0 Å². The maximum Gasteiger partial charge on any atom is 0.0519 e. The molecule has 1 nitrogen and oxygen atoms in total. The van der Waals surface area contributed by atoms with Crippen molar-refractivity contribution < 1.29 is 0 Å². The Morgan fingerprint density at radius 1 is 0.952 bits per heavy atom. The van der Waals surface area contributed by atoms with Crippen LogP contribution in [0.5, 0.6) is 0 Å². The molecule has 108 valence electrons. The fourth-order valence-corrected chi connectivity index (χ4v) is 4.03. The number of rotatable bonds is 2. The first-order valence-electron chi connectivity index (χ1n) is 7.97. The maximum absolute atomic E-state index is 6.11. The van der Waals surface area contributed by atoms with Gasteiger partial charge in [-0.15, -0.1) is 0 Å². The van der Waals surface area contributed by atoms with Crippen molar-refractivity contribution in [2.45, 2.75) is 44.6 Å². The number of halogens is 1. The molecule has 1 unspecified atom stereocenters. The first-order chi connectivity index (χ1) is 10.3. The lowest BCUT2D eigenvalue weighted by Gasteiger charge is -2.23. The van der Waals surface area contributed by atoms with Gasteiger partial charge >= 0.3 is 0 Å². The Kier molecular flexibility index (Phi) is 3.39. The molecule has 0 saturated carbocycles. The lowest BCUT2D eigenvalue weighted by atomic mass is 9.90. The van der Waals surface area contributed by atoms with Gasteiger partial charge in [-0.05, 0) is 79.0 Å². The van der Waals surface area contributed by atoms with Crippen LogP contribution >= 0.6 is 11.6 Å². The number of aryl methyl sites for hydroxylation is 2. The zero-order chi connectivity index (χ0) is 14.2. The monoisotopic (exact) mass is 297 g/mol. The molecule has 2 aromatic carbocycles. The SMILES string of the molecule is Clc1ccc2c(c1)CCC2Nc1cccc2c1CCCC2. The maximum atomic E-state index is 6.11. The number of fused-ring (bicyclic) bond motifs is 2. The molecule has 4 rings (SSSR count). The molecule has 0 bridgehead atoms. The lowest BCUT2D eigenvalue weighted by molar-refractivity contribution is 0.682. The van der Waals surface area contributed by atoms with Gasteiger partial charge < -0.3 is 5.32 Å². The molecule has 2 aromatic rings. The Morgan fingerprint density at radius 2 is 1.86 bits per heavy atom. The molecule has 0 aromatic heterocycles. The zero-order valence-electron chi connectivity index (χ0n) is 12.2. The summed E-state index contributed by atoms with van der Waals surface area (Å²) < 4.78 is 0. The molecule has 0 saturated heterocycles. The van der Waals surface area contributed by atoms with Crippen LogP contribution in [0.3, 0.4) is 0 Å². The molecule has 0 radical (unpaired) electrons. The molecule has 0 spiro atoms. The molecule has 0 amide bonds. The van der Waals surface area contributed by atoms with E-state index < -0.39 is 0 Å². The van der Waals surface area contributed by atoms with Crippen LogP contribution in [-0.4, -0.2) is 0 Å². The molecule has 0 aliphatic heterocycles. The van der Waals surface area contributed by atoms with E-state index >= 15 is 0 Å². The van der Waals surface area contributed by atoms with E-state index in [1.54, 1.807) is 11.1 Å². The molecule has 1 N–H and O–H groups in total. The van der Waals surface area contributed by atoms with E-state index in [4.69, 9.17) is 11.6 Å². The van der Waals surface area contributed by atoms with Gasteiger partial charge in [-0.2, -0.15) is 0 Å². The molecular weight excluding hydrogens is 278 g/mol. The van der Waals surface area contributed by atoms with Crippen LogP contribution < -0.4 is 5.32 Å². The summed E-state index contributed by atoms with van der Waals surface area (Å²) in [5.74, 6) is 0. The summed E-state index contributed by atoms with van der Waals surface area (Å²) in [5, 5.41) is 4.65. The molecule has 1 atom stereocenters. The molecule has 21 heavy (non-hydrogen) atoms. The largest absolute Gasteiger partial charge is 0.378 e. The second-order valence-electron chi connectivity index (χ2n) is 6.23. The minimum atomic E-state index is 0.436. The molecule has 0 heterocycles. The van der Waals surface area contributed by atoms with Crippen molar-refractivity contribution in [2.75, 3.05) is 5.32 Å². The minimum absolute atomic E-state index is 0.436. The lowest BCUT2D eigenvalue weighted by Crippen LogP contribution is -2.12. The van der Waals surface area contributed by atoms with E-state index in [1.807, 2.05) is 6.07 Å². The summed E-state index contributed by atoms with van der Waals surface area (Å²) in [6.07, 6.45) is 7.41. The number of hydrogen-bond acceptors (Lipinski definition) is 1. The van der Waals surface area contributed by atoms with Crippen molar-refractivity contribution in [1.29, 1.82) is 0 Å². The van der Waals surface area contributed by atoms with Gasteiger partial charge in [0.1, 0.15) is 0 Å². The Bertz CT molecular complexity index is 677. The van der Waals surface area contributed by atoms with Crippen LogP contribution in [0.4, 0.5) is 5.69 Å². The van der Waals surface area contributed by atoms with E-state index in [1.165, 1.54) is 48.9 Å². The third-order valence-corrected chi connectivity index (χ3v) is 5.14. The van der Waals surface area contributed by atoms with Crippen molar-refractivity contribution in [2.24, 2.45) is 0 Å². The van der Waals surface area contributed by atoms with Gasteiger partial charge in [0.15, 0.2) is 0 Å². The van der Waals surface area contributed by atoms with Crippen molar-refractivity contribution in [3.8, 4) is 0 Å². The molecule has 2 heteroatoms. The van der Waals surface area contributed by atoms with Gasteiger partial charge in [0.25, 0.3) is 0 Å². The van der Waals surface area contributed by atoms with Crippen LogP contribution in [0.2, 0.25) is 5.02 Å². The van der Waals surface area contributed by atoms with Crippen LogP contribution in [-0.2, 0) is 19.3 Å². The topological polar surface area (TPSA) is 12.0 Å². The van der Waals surface area contributed by atoms with E-state index in [-0.39, 0.29) is 0 Å². The zero-order valence-corrected chi connectivity index (χ0v) is 12.9. The van der Waals surface area contributed by atoms with Gasteiger partial charge in [-0.1, -0.05) is 29.8 Å². The summed E-state index contributed by atoms with van der Waals surface area (Å²) >= 11 is 6.11. The Morgan fingerprint density at radius 3 is 2.81 bits per heavy atom. The fourth-order valence-electron chi connectivity index (χ4n) is 3.84. The standard InChI is InChI=1S/C19H20ClN/c20-15-9-10-17-14(12-15)8-11-19(17)21-18-7-3-5-13-4-1-2-6-16(13)18/h3,5,7,9-10,12,19,21H,1-2,4,6,8,11H2. The Labute approximate surface area is 131 Å². The summed E-state index contributed by atoms with van der Waals surface area (Å²) in [6.45, 7) is 0. The van der Waals surface area contributed by atoms with Crippen molar-refractivity contribution in [3.05, 3.63) is 63.7 Å². The molecule has 0 fully saturated rings. The first-order valence-corrected chi connectivity index (χ1v) is 8.35. The highest BCUT2D eigenvalue weighted by Crippen LogP contribution is 2.37. The van der Waals surface area contributed by atoms with E-state index in [9.17, 15) is 0 Å². The second kappa shape index (κ2) is 5.38. The Balaban J connectivity index is 1.64. The fraction of sp³-hybridized carbons (Fsp3) is 0.368. The molecule has 2 aliphatic rings.